The van der Waals surface area contributed by atoms with Gasteiger partial charge in [-0.3, -0.25) is 4.79 Å². The molecule has 0 aromatic rings. The number of hydrogen-bond acceptors (Lipinski definition) is 9. The Labute approximate surface area is 316 Å². The summed E-state index contributed by atoms with van der Waals surface area (Å²) in [6, 6.07) is 0. The van der Waals surface area contributed by atoms with Crippen LogP contribution >= 0.6 is 0 Å². The largest absolute Gasteiger partial charge is 0.461 e. The first-order valence-corrected chi connectivity index (χ1v) is 21.2. The number of aliphatic hydroxyl groups is 5. The SMILES string of the molecule is CCCCCCCCCCCCCCC[C@@H](O)CC(=O)OC/C=C(/CO)CC[C@@H]1[C@@]2(C)CCCC(C)(C)[C@@H]2CC[C@@]1(C)O[C@@H]1OC[C@H](O)[C@H](O)[C@H]1O. The van der Waals surface area contributed by atoms with Crippen LogP contribution in [0.2, 0.25) is 0 Å². The number of hydrogen-bond donors (Lipinski definition) is 5. The maximum absolute atomic E-state index is 12.5. The molecule has 1 heterocycles. The Bertz CT molecular complexity index is 1050. The van der Waals surface area contributed by atoms with Crippen molar-refractivity contribution in [3.8, 4) is 0 Å². The van der Waals surface area contributed by atoms with Gasteiger partial charge in [-0.2, -0.15) is 0 Å². The second-order valence-electron chi connectivity index (χ2n) is 17.8. The molecule has 2 saturated carbocycles. The van der Waals surface area contributed by atoms with E-state index >= 15 is 0 Å². The first-order chi connectivity index (χ1) is 24.8. The molecule has 1 saturated heterocycles. The minimum absolute atomic E-state index is 0.0192. The highest BCUT2D eigenvalue weighted by molar-refractivity contribution is 5.70. The van der Waals surface area contributed by atoms with Gasteiger partial charge in [-0.1, -0.05) is 118 Å². The summed E-state index contributed by atoms with van der Waals surface area (Å²) >= 11 is 0. The molecule has 9 nitrogen and oxygen atoms in total. The Morgan fingerprint density at radius 3 is 2.10 bits per heavy atom. The van der Waals surface area contributed by atoms with Crippen LogP contribution in [-0.2, 0) is 19.0 Å². The second kappa shape index (κ2) is 22.5. The number of esters is 1. The highest BCUT2D eigenvalue weighted by atomic mass is 16.7. The van der Waals surface area contributed by atoms with Crippen LogP contribution < -0.4 is 0 Å². The topological polar surface area (TPSA) is 146 Å². The zero-order valence-electron chi connectivity index (χ0n) is 33.7. The van der Waals surface area contributed by atoms with Crippen LogP contribution in [-0.4, -0.2) is 87.6 Å². The molecule has 1 aliphatic heterocycles. The fraction of sp³-hybridized carbons (Fsp3) is 0.930. The average molecular weight is 739 g/mol. The van der Waals surface area contributed by atoms with Gasteiger partial charge in [0.05, 0.1) is 31.3 Å². The smallest absolute Gasteiger partial charge is 0.308 e. The van der Waals surface area contributed by atoms with Crippen molar-refractivity contribution >= 4 is 5.97 Å². The van der Waals surface area contributed by atoms with Gasteiger partial charge in [0.15, 0.2) is 6.29 Å². The normalized spacial score (nSPS) is 32.7. The van der Waals surface area contributed by atoms with Crippen molar-refractivity contribution in [3.63, 3.8) is 0 Å². The maximum Gasteiger partial charge on any atom is 0.308 e. The van der Waals surface area contributed by atoms with Crippen LogP contribution in [0.15, 0.2) is 11.6 Å². The van der Waals surface area contributed by atoms with Gasteiger partial charge in [0.1, 0.15) is 24.9 Å². The molecule has 0 aromatic carbocycles. The van der Waals surface area contributed by atoms with Crippen LogP contribution in [0.5, 0.6) is 0 Å². The number of ether oxygens (including phenoxy) is 3. The molecule has 5 N–H and O–H groups in total. The standard InChI is InChI=1S/C43H78O9/c1-6-7-8-9-10-11-12-13-14-15-16-17-18-20-33(45)29-37(47)50-28-24-32(30-44)21-22-36-42(4)26-19-25-41(2,3)35(42)23-27-43(36,5)52-40-39(49)38(48)34(46)31-51-40/h24,33-36,38-40,44-46,48-49H,6-23,25-31H2,1-5H3/b32-24+/t33-,34+,35+,36-,38+,39-,40+,42+,43-/m1/s1. The molecular weight excluding hydrogens is 660 g/mol. The first-order valence-electron chi connectivity index (χ1n) is 21.2. The molecule has 304 valence electrons. The Hall–Kier alpha value is -1.07. The van der Waals surface area contributed by atoms with Crippen LogP contribution in [0.4, 0.5) is 0 Å². The van der Waals surface area contributed by atoms with Gasteiger partial charge in [-0.05, 0) is 86.2 Å². The van der Waals surface area contributed by atoms with E-state index in [-0.39, 0.29) is 43.0 Å². The summed E-state index contributed by atoms with van der Waals surface area (Å²) < 4.78 is 17.8. The van der Waals surface area contributed by atoms with Crippen molar-refractivity contribution in [2.75, 3.05) is 19.8 Å². The quantitative estimate of drug-likeness (QED) is 0.0289. The van der Waals surface area contributed by atoms with E-state index in [1.54, 1.807) is 6.08 Å². The fourth-order valence-electron chi connectivity index (χ4n) is 10.1. The van der Waals surface area contributed by atoms with Gasteiger partial charge >= 0.3 is 5.97 Å². The first kappa shape index (κ1) is 45.3. The summed E-state index contributed by atoms with van der Waals surface area (Å²) in [5.74, 6) is 0.117. The monoisotopic (exact) mass is 739 g/mol. The molecule has 0 radical (unpaired) electrons. The van der Waals surface area contributed by atoms with Gasteiger partial charge in [-0.25, -0.2) is 0 Å². The lowest BCUT2D eigenvalue weighted by molar-refractivity contribution is -0.323. The number of unbranched alkanes of at least 4 members (excludes halogenated alkanes) is 12. The summed E-state index contributed by atoms with van der Waals surface area (Å²) in [6.45, 7) is 11.2. The summed E-state index contributed by atoms with van der Waals surface area (Å²) in [6.07, 6.45) is 19.7. The Morgan fingerprint density at radius 1 is 0.865 bits per heavy atom. The summed E-state index contributed by atoms with van der Waals surface area (Å²) in [5, 5.41) is 51.8. The number of carbonyl (C=O) groups excluding carboxylic acids is 1. The Morgan fingerprint density at radius 2 is 1.48 bits per heavy atom. The molecular formula is C43H78O9. The van der Waals surface area contributed by atoms with Gasteiger partial charge in [0.2, 0.25) is 0 Å². The third-order valence-corrected chi connectivity index (χ3v) is 13.2. The lowest BCUT2D eigenvalue weighted by Crippen LogP contribution is -2.62. The highest BCUT2D eigenvalue weighted by Gasteiger charge is 2.59. The van der Waals surface area contributed by atoms with E-state index in [1.165, 1.54) is 77.0 Å². The third kappa shape index (κ3) is 13.6. The molecule has 3 rings (SSSR count). The molecule has 2 aliphatic carbocycles. The third-order valence-electron chi connectivity index (χ3n) is 13.2. The van der Waals surface area contributed by atoms with E-state index < -0.39 is 42.3 Å². The lowest BCUT2D eigenvalue weighted by Gasteiger charge is -2.63. The summed E-state index contributed by atoms with van der Waals surface area (Å²) in [4.78, 5) is 12.5. The lowest BCUT2D eigenvalue weighted by atomic mass is 9.45. The van der Waals surface area contributed by atoms with Crippen LogP contribution in [0.25, 0.3) is 0 Å². The van der Waals surface area contributed by atoms with E-state index in [2.05, 4.69) is 34.6 Å². The van der Waals surface area contributed by atoms with Gasteiger partial charge in [0, 0.05) is 0 Å². The van der Waals surface area contributed by atoms with Crippen molar-refractivity contribution in [2.45, 2.75) is 212 Å². The molecule has 0 unspecified atom stereocenters. The summed E-state index contributed by atoms with van der Waals surface area (Å²) in [5.41, 5.74) is 0.247. The molecule has 0 amide bonds. The van der Waals surface area contributed by atoms with Crippen LogP contribution in [0, 0.1) is 22.7 Å². The van der Waals surface area contributed by atoms with Gasteiger partial charge in [-0.15, -0.1) is 0 Å². The maximum atomic E-state index is 12.5. The predicted octanol–water partition coefficient (Wildman–Crippen LogP) is 7.92. The highest BCUT2D eigenvalue weighted by Crippen LogP contribution is 2.64. The fourth-order valence-corrected chi connectivity index (χ4v) is 10.1. The Balaban J connectivity index is 1.44. The minimum Gasteiger partial charge on any atom is -0.461 e. The second-order valence-corrected chi connectivity index (χ2v) is 17.8. The molecule has 3 aliphatic rings. The predicted molar refractivity (Wildman–Crippen MR) is 206 cm³/mol. The molecule has 3 fully saturated rings. The number of rotatable bonds is 24. The van der Waals surface area contributed by atoms with E-state index in [0.29, 0.717) is 18.8 Å². The molecule has 9 atom stereocenters. The van der Waals surface area contributed by atoms with E-state index in [0.717, 1.165) is 50.5 Å². The molecule has 9 heteroatoms. The number of carbonyl (C=O) groups is 1. The van der Waals surface area contributed by atoms with Crippen molar-refractivity contribution in [3.05, 3.63) is 11.6 Å². The number of fused-ring (bicyclic) bond motifs is 1. The van der Waals surface area contributed by atoms with Crippen molar-refractivity contribution in [1.29, 1.82) is 0 Å². The zero-order valence-corrected chi connectivity index (χ0v) is 33.7. The zero-order chi connectivity index (χ0) is 38.2. The van der Waals surface area contributed by atoms with Crippen molar-refractivity contribution in [2.24, 2.45) is 22.7 Å². The Kier molecular flexibility index (Phi) is 19.6. The van der Waals surface area contributed by atoms with E-state index in [4.69, 9.17) is 14.2 Å². The van der Waals surface area contributed by atoms with Crippen LogP contribution in [0.3, 0.4) is 0 Å². The summed E-state index contributed by atoms with van der Waals surface area (Å²) in [7, 11) is 0. The van der Waals surface area contributed by atoms with E-state index in [1.807, 2.05) is 0 Å². The molecule has 0 bridgehead atoms. The van der Waals surface area contributed by atoms with Gasteiger partial charge < -0.3 is 39.7 Å². The number of aliphatic hydroxyl groups excluding tert-OH is 5. The minimum atomic E-state index is -1.36. The van der Waals surface area contributed by atoms with Crippen molar-refractivity contribution < 1.29 is 44.5 Å². The van der Waals surface area contributed by atoms with Crippen molar-refractivity contribution in [1.82, 2.24) is 0 Å². The molecule has 0 spiro atoms. The molecule has 52 heavy (non-hydrogen) atoms. The van der Waals surface area contributed by atoms with Crippen LogP contribution in [0.1, 0.15) is 176 Å². The van der Waals surface area contributed by atoms with Gasteiger partial charge in [0.25, 0.3) is 0 Å². The van der Waals surface area contributed by atoms with E-state index in [9.17, 15) is 30.3 Å². The molecule has 0 aromatic heterocycles. The average Bonchev–Trinajstić information content (AvgIpc) is 3.09.